The number of nitrogens with one attached hydrogen (secondary N) is 1. The number of nitrogens with two attached hydrogens (primary N) is 1. The summed E-state index contributed by atoms with van der Waals surface area (Å²) in [4.78, 5) is 24.4. The summed E-state index contributed by atoms with van der Waals surface area (Å²) in [5, 5.41) is 9.28. The Bertz CT molecular complexity index is 2050. The number of aryl methyl sites for hydroxylation is 1. The number of anilines is 2. The van der Waals surface area contributed by atoms with E-state index < -0.39 is 0 Å². The number of piperazine rings is 1. The topological polar surface area (TPSA) is 88.7 Å². The number of hydrogen-bond donors (Lipinski definition) is 2. The van der Waals surface area contributed by atoms with Gasteiger partial charge in [-0.1, -0.05) is 42.5 Å². The lowest BCUT2D eigenvalue weighted by Gasteiger charge is -2.34. The molecule has 5 heterocycles. The zero-order chi connectivity index (χ0) is 32.3. The van der Waals surface area contributed by atoms with E-state index in [0.717, 1.165) is 83.4 Å². The van der Waals surface area contributed by atoms with E-state index in [1.54, 1.807) is 18.4 Å². The van der Waals surface area contributed by atoms with Crippen molar-refractivity contribution in [3.8, 4) is 16.9 Å². The highest BCUT2D eigenvalue weighted by atomic mass is 32.1. The number of rotatable bonds is 10. The van der Waals surface area contributed by atoms with E-state index in [2.05, 4.69) is 55.1 Å². The van der Waals surface area contributed by atoms with Gasteiger partial charge in [0.25, 0.3) is 5.91 Å². The number of amides is 1. The highest BCUT2D eigenvalue weighted by Crippen LogP contribution is 2.41. The number of methoxy groups -OCH3 is 1. The third kappa shape index (κ3) is 6.55. The zero-order valence-electron chi connectivity index (χ0n) is 26.6. The van der Waals surface area contributed by atoms with Crippen molar-refractivity contribution >= 4 is 67.2 Å². The van der Waals surface area contributed by atoms with E-state index in [-0.39, 0.29) is 5.91 Å². The van der Waals surface area contributed by atoms with Crippen molar-refractivity contribution in [2.45, 2.75) is 6.42 Å². The molecule has 1 aliphatic rings. The Labute approximate surface area is 282 Å². The molecule has 240 valence electrons. The summed E-state index contributed by atoms with van der Waals surface area (Å²) in [6.07, 6.45) is 7.41. The quantitative estimate of drug-likeness (QED) is 0.161. The fraction of sp³-hybridized carbons (Fsp3) is 0.243. The van der Waals surface area contributed by atoms with Crippen LogP contribution in [0.5, 0.6) is 5.75 Å². The number of aromatic nitrogens is 2. The van der Waals surface area contributed by atoms with E-state index in [9.17, 15) is 4.79 Å². The molecule has 1 amide bonds. The second-order valence-electron chi connectivity index (χ2n) is 11.8. The highest BCUT2D eigenvalue weighted by molar-refractivity contribution is 7.18. The molecule has 6 aromatic rings. The van der Waals surface area contributed by atoms with E-state index in [1.165, 1.54) is 4.88 Å². The van der Waals surface area contributed by atoms with Crippen LogP contribution < -0.4 is 15.8 Å². The number of nitrogen functional groups attached to an aromatic ring is 1. The van der Waals surface area contributed by atoms with Crippen LogP contribution >= 0.6 is 22.7 Å². The zero-order valence-corrected chi connectivity index (χ0v) is 28.2. The molecule has 10 heteroatoms. The minimum Gasteiger partial charge on any atom is -0.495 e. The number of benzene rings is 2. The molecule has 1 aliphatic heterocycles. The first-order valence-electron chi connectivity index (χ1n) is 15.8. The average Bonchev–Trinajstić information content (AvgIpc) is 3.86. The van der Waals surface area contributed by atoms with Crippen molar-refractivity contribution in [2.75, 3.05) is 57.4 Å². The molecular weight excluding hydrogens is 625 g/mol. The van der Waals surface area contributed by atoms with Crippen molar-refractivity contribution in [2.24, 2.45) is 7.05 Å². The Hall–Kier alpha value is -4.48. The minimum atomic E-state index is -0.198. The summed E-state index contributed by atoms with van der Waals surface area (Å²) in [6.45, 7) is 6.41. The second kappa shape index (κ2) is 13.7. The maximum absolute atomic E-state index is 13.3. The van der Waals surface area contributed by atoms with Gasteiger partial charge in [0.1, 0.15) is 17.3 Å². The smallest absolute Gasteiger partial charge is 0.272 e. The van der Waals surface area contributed by atoms with Crippen LogP contribution in [0, 0.1) is 0 Å². The molecule has 1 saturated heterocycles. The minimum absolute atomic E-state index is 0.198. The van der Waals surface area contributed by atoms with Crippen LogP contribution in [0.2, 0.25) is 0 Å². The van der Waals surface area contributed by atoms with E-state index in [0.29, 0.717) is 22.9 Å². The fourth-order valence-corrected chi connectivity index (χ4v) is 8.10. The standard InChI is InChI=1S/C37H38N6O2S2/c1-41-31-10-4-3-7-26(31)21-32(41)37(44)40-30-12-11-25(22-33(30)45-2)29-24-47-35-27(23-39-36(38)34(29)35)8-5-14-42-16-18-43(19-17-42)15-13-28-9-6-20-46-28/h3-12,20-24H,13-19H2,1-2H3,(H2,38,39)(H,40,44)/b8-5+. The molecular formula is C37H38N6O2S2. The van der Waals surface area contributed by atoms with Crippen LogP contribution in [0.1, 0.15) is 20.9 Å². The van der Waals surface area contributed by atoms with Crippen molar-refractivity contribution in [3.63, 3.8) is 0 Å². The molecule has 0 bridgehead atoms. The first-order valence-corrected chi connectivity index (χ1v) is 17.6. The van der Waals surface area contributed by atoms with Gasteiger partial charge in [-0.25, -0.2) is 4.98 Å². The Balaban J connectivity index is 1.04. The van der Waals surface area contributed by atoms with Crippen LogP contribution in [0.3, 0.4) is 0 Å². The number of nitrogens with zero attached hydrogens (tertiary/aromatic N) is 4. The summed E-state index contributed by atoms with van der Waals surface area (Å²) in [5.74, 6) is 0.874. The Morgan fingerprint density at radius 2 is 1.87 bits per heavy atom. The number of fused-ring (bicyclic) bond motifs is 2. The van der Waals surface area contributed by atoms with Gasteiger partial charge >= 0.3 is 0 Å². The molecule has 0 saturated carbocycles. The third-order valence-corrected chi connectivity index (χ3v) is 10.9. The number of thiophene rings is 2. The first kappa shape index (κ1) is 31.1. The molecule has 1 fully saturated rings. The van der Waals surface area contributed by atoms with Gasteiger partial charge in [-0.3, -0.25) is 9.69 Å². The molecule has 7 rings (SSSR count). The third-order valence-electron chi connectivity index (χ3n) is 8.98. The van der Waals surface area contributed by atoms with Gasteiger partial charge in [-0.15, -0.1) is 22.7 Å². The predicted molar refractivity (Wildman–Crippen MR) is 197 cm³/mol. The van der Waals surface area contributed by atoms with Crippen LogP contribution in [0.25, 0.3) is 38.2 Å². The van der Waals surface area contributed by atoms with Gasteiger partial charge in [0.05, 0.1) is 12.8 Å². The van der Waals surface area contributed by atoms with Crippen LogP contribution in [-0.4, -0.2) is 71.6 Å². The number of carbonyl (C=O) groups excluding carboxylic acids is 1. The summed E-state index contributed by atoms with van der Waals surface area (Å²) in [5.41, 5.74) is 11.6. The maximum atomic E-state index is 13.3. The Kier molecular flexibility index (Phi) is 9.08. The van der Waals surface area contributed by atoms with Crippen molar-refractivity contribution < 1.29 is 9.53 Å². The highest BCUT2D eigenvalue weighted by Gasteiger charge is 2.19. The molecule has 0 spiro atoms. The van der Waals surface area contributed by atoms with Crippen molar-refractivity contribution in [1.29, 1.82) is 0 Å². The second-order valence-corrected chi connectivity index (χ2v) is 13.8. The summed E-state index contributed by atoms with van der Waals surface area (Å²) in [6, 6.07) is 20.0. The molecule has 8 nitrogen and oxygen atoms in total. The number of carbonyl (C=O) groups is 1. The van der Waals surface area contributed by atoms with Gasteiger partial charge in [-0.2, -0.15) is 0 Å². The fourth-order valence-electron chi connectivity index (χ4n) is 6.32. The van der Waals surface area contributed by atoms with Crippen LogP contribution in [0.15, 0.2) is 83.7 Å². The van der Waals surface area contributed by atoms with Crippen molar-refractivity contribution in [1.82, 2.24) is 19.4 Å². The molecule has 0 unspecified atom stereocenters. The van der Waals surface area contributed by atoms with Gasteiger partial charge in [0.15, 0.2) is 0 Å². The summed E-state index contributed by atoms with van der Waals surface area (Å²) < 4.78 is 8.75. The van der Waals surface area contributed by atoms with E-state index >= 15 is 0 Å². The summed E-state index contributed by atoms with van der Waals surface area (Å²) in [7, 11) is 3.51. The number of pyridine rings is 1. The Morgan fingerprint density at radius 1 is 1.04 bits per heavy atom. The molecule has 0 atom stereocenters. The lowest BCUT2D eigenvalue weighted by molar-refractivity contribution is 0.101. The number of hydrogen-bond acceptors (Lipinski definition) is 8. The van der Waals surface area contributed by atoms with Crippen LogP contribution in [-0.2, 0) is 13.5 Å². The lowest BCUT2D eigenvalue weighted by atomic mass is 10.0. The largest absolute Gasteiger partial charge is 0.495 e. The monoisotopic (exact) mass is 662 g/mol. The number of para-hydroxylation sites is 1. The Morgan fingerprint density at radius 3 is 2.66 bits per heavy atom. The first-order chi connectivity index (χ1) is 23.0. The van der Waals surface area contributed by atoms with Gasteiger partial charge in [0.2, 0.25) is 0 Å². The summed E-state index contributed by atoms with van der Waals surface area (Å²) >= 11 is 3.51. The normalized spacial score (nSPS) is 14.4. The van der Waals surface area contributed by atoms with Crippen LogP contribution in [0.4, 0.5) is 11.5 Å². The van der Waals surface area contributed by atoms with E-state index in [4.69, 9.17) is 10.5 Å². The van der Waals surface area contributed by atoms with Crippen molar-refractivity contribution in [3.05, 3.63) is 99.8 Å². The molecule has 2 aromatic carbocycles. The predicted octanol–water partition coefficient (Wildman–Crippen LogP) is 7.23. The van der Waals surface area contributed by atoms with E-state index in [1.807, 2.05) is 77.7 Å². The number of ether oxygens (including phenoxy) is 1. The lowest BCUT2D eigenvalue weighted by Crippen LogP contribution is -2.46. The molecule has 47 heavy (non-hydrogen) atoms. The maximum Gasteiger partial charge on any atom is 0.272 e. The molecule has 0 radical (unpaired) electrons. The average molecular weight is 663 g/mol. The van der Waals surface area contributed by atoms with Gasteiger partial charge in [-0.05, 0) is 53.1 Å². The SMILES string of the molecule is COc1cc(-c2csc3c(/C=C/CN4CCN(CCc5cccs5)CC4)cnc(N)c23)ccc1NC(=O)c1cc2ccccc2n1C. The molecule has 3 N–H and O–H groups in total. The molecule has 0 aliphatic carbocycles. The van der Waals surface area contributed by atoms with Gasteiger partial charge in [0, 0.05) is 89.5 Å². The van der Waals surface area contributed by atoms with Gasteiger partial charge < -0.3 is 25.3 Å². The molecule has 4 aromatic heterocycles.